The summed E-state index contributed by atoms with van der Waals surface area (Å²) in [7, 11) is -3.91. The Morgan fingerprint density at radius 2 is 1.77 bits per heavy atom. The van der Waals surface area contributed by atoms with Crippen molar-refractivity contribution in [3.8, 4) is 10.6 Å². The molecule has 0 radical (unpaired) electrons. The van der Waals surface area contributed by atoms with Crippen LogP contribution in [-0.4, -0.2) is 19.3 Å². The van der Waals surface area contributed by atoms with Crippen LogP contribution in [0, 0.1) is 6.92 Å². The molecule has 158 valence electrons. The number of aryl methyl sites for hydroxylation is 1. The number of thiazole rings is 1. The Balaban J connectivity index is 1.61. The van der Waals surface area contributed by atoms with Gasteiger partial charge >= 0.3 is 0 Å². The highest BCUT2D eigenvalue weighted by Crippen LogP contribution is 2.33. The zero-order chi connectivity index (χ0) is 22.2. The number of fused-ring (bicyclic) bond motifs is 1. The van der Waals surface area contributed by atoms with E-state index in [1.165, 1.54) is 24.3 Å². The number of hydrogen-bond acceptors (Lipinski definition) is 5. The van der Waals surface area contributed by atoms with Crippen molar-refractivity contribution in [1.82, 2.24) is 4.98 Å². The SMILES string of the molecule is CC(=O)Nc1ccc(C)cc1S(=O)(=O)Nc1ccc(-c2nc3ccc(Cl)cc3s2)cc1. The maximum atomic E-state index is 13.0. The second-order valence-electron chi connectivity index (χ2n) is 6.99. The van der Waals surface area contributed by atoms with Crippen LogP contribution in [0.2, 0.25) is 5.02 Å². The Morgan fingerprint density at radius 1 is 1.03 bits per heavy atom. The summed E-state index contributed by atoms with van der Waals surface area (Å²) < 4.78 is 29.5. The van der Waals surface area contributed by atoms with Crippen molar-refractivity contribution in [1.29, 1.82) is 0 Å². The molecule has 4 aromatic rings. The second kappa shape index (κ2) is 8.30. The maximum absolute atomic E-state index is 13.0. The molecule has 0 atom stereocenters. The molecule has 0 unspecified atom stereocenters. The van der Waals surface area contributed by atoms with E-state index < -0.39 is 10.0 Å². The number of carbonyl (C=O) groups excluding carboxylic acids is 1. The van der Waals surface area contributed by atoms with E-state index in [9.17, 15) is 13.2 Å². The first-order chi connectivity index (χ1) is 14.7. The van der Waals surface area contributed by atoms with Crippen molar-refractivity contribution in [3.63, 3.8) is 0 Å². The summed E-state index contributed by atoms with van der Waals surface area (Å²) in [6.45, 7) is 3.12. The minimum Gasteiger partial charge on any atom is -0.325 e. The molecule has 0 bridgehead atoms. The van der Waals surface area contributed by atoms with Crippen molar-refractivity contribution in [3.05, 3.63) is 71.2 Å². The summed E-state index contributed by atoms with van der Waals surface area (Å²) in [4.78, 5) is 16.1. The normalized spacial score (nSPS) is 11.5. The van der Waals surface area contributed by atoms with E-state index in [2.05, 4.69) is 15.0 Å². The van der Waals surface area contributed by atoms with E-state index in [0.29, 0.717) is 10.7 Å². The van der Waals surface area contributed by atoms with E-state index in [1.807, 2.05) is 24.3 Å². The van der Waals surface area contributed by atoms with Crippen LogP contribution in [0.1, 0.15) is 12.5 Å². The van der Waals surface area contributed by atoms with Gasteiger partial charge in [0.25, 0.3) is 10.0 Å². The smallest absolute Gasteiger partial charge is 0.263 e. The van der Waals surface area contributed by atoms with E-state index in [4.69, 9.17) is 11.6 Å². The number of aromatic nitrogens is 1. The van der Waals surface area contributed by atoms with Crippen LogP contribution in [0.5, 0.6) is 0 Å². The summed E-state index contributed by atoms with van der Waals surface area (Å²) in [6.07, 6.45) is 0. The summed E-state index contributed by atoms with van der Waals surface area (Å²) in [5.41, 5.74) is 3.13. The molecule has 6 nitrogen and oxygen atoms in total. The van der Waals surface area contributed by atoms with Crippen molar-refractivity contribution in [2.75, 3.05) is 10.0 Å². The highest BCUT2D eigenvalue weighted by Gasteiger charge is 2.20. The van der Waals surface area contributed by atoms with E-state index in [-0.39, 0.29) is 16.5 Å². The van der Waals surface area contributed by atoms with Crippen LogP contribution in [-0.2, 0) is 14.8 Å². The molecular formula is C22H18ClN3O3S2. The fraction of sp³-hybridized carbons (Fsp3) is 0.0909. The molecular weight excluding hydrogens is 454 g/mol. The maximum Gasteiger partial charge on any atom is 0.263 e. The fourth-order valence-electron chi connectivity index (χ4n) is 3.06. The summed E-state index contributed by atoms with van der Waals surface area (Å²) >= 11 is 7.56. The van der Waals surface area contributed by atoms with Crippen molar-refractivity contribution >= 4 is 60.5 Å². The van der Waals surface area contributed by atoms with Crippen LogP contribution < -0.4 is 10.0 Å². The molecule has 3 aromatic carbocycles. The lowest BCUT2D eigenvalue weighted by atomic mass is 10.2. The predicted molar refractivity (Wildman–Crippen MR) is 126 cm³/mol. The summed E-state index contributed by atoms with van der Waals surface area (Å²) in [5, 5.41) is 4.04. The molecule has 2 N–H and O–H groups in total. The summed E-state index contributed by atoms with van der Waals surface area (Å²) in [5.74, 6) is -0.346. The lowest BCUT2D eigenvalue weighted by Crippen LogP contribution is -2.17. The number of sulfonamides is 1. The first kappa shape index (κ1) is 21.3. The van der Waals surface area contributed by atoms with Gasteiger partial charge in [0, 0.05) is 23.2 Å². The Bertz CT molecular complexity index is 1400. The molecule has 0 fully saturated rings. The van der Waals surface area contributed by atoms with Crippen molar-refractivity contribution in [2.24, 2.45) is 0 Å². The largest absolute Gasteiger partial charge is 0.325 e. The Morgan fingerprint density at radius 3 is 2.48 bits per heavy atom. The van der Waals surface area contributed by atoms with Crippen LogP contribution in [0.3, 0.4) is 0 Å². The van der Waals surface area contributed by atoms with Gasteiger partial charge in [-0.2, -0.15) is 0 Å². The first-order valence-electron chi connectivity index (χ1n) is 9.29. The molecule has 1 amide bonds. The third kappa shape index (κ3) is 4.71. The molecule has 0 saturated heterocycles. The van der Waals surface area contributed by atoms with Gasteiger partial charge in [-0.05, 0) is 67.1 Å². The number of nitrogens with zero attached hydrogens (tertiary/aromatic N) is 1. The first-order valence-corrected chi connectivity index (χ1v) is 12.0. The molecule has 0 aliphatic rings. The average molecular weight is 472 g/mol. The van der Waals surface area contributed by atoms with E-state index in [1.54, 1.807) is 37.3 Å². The van der Waals surface area contributed by atoms with Gasteiger partial charge in [0.15, 0.2) is 0 Å². The highest BCUT2D eigenvalue weighted by atomic mass is 35.5. The van der Waals surface area contributed by atoms with E-state index in [0.717, 1.165) is 26.4 Å². The van der Waals surface area contributed by atoms with Gasteiger partial charge < -0.3 is 5.32 Å². The Labute approximate surface area is 189 Å². The second-order valence-corrected chi connectivity index (χ2v) is 10.1. The molecule has 31 heavy (non-hydrogen) atoms. The minimum absolute atomic E-state index is 0.00910. The molecule has 0 saturated carbocycles. The molecule has 1 aromatic heterocycles. The molecule has 0 aliphatic heterocycles. The monoisotopic (exact) mass is 471 g/mol. The molecule has 4 rings (SSSR count). The van der Waals surface area contributed by atoms with Crippen LogP contribution in [0.15, 0.2) is 65.6 Å². The number of benzene rings is 3. The lowest BCUT2D eigenvalue weighted by Gasteiger charge is -2.13. The van der Waals surface area contributed by atoms with Crippen molar-refractivity contribution in [2.45, 2.75) is 18.7 Å². The molecule has 0 spiro atoms. The predicted octanol–water partition coefficient (Wildman–Crippen LogP) is 5.68. The van der Waals surface area contributed by atoms with Gasteiger partial charge in [-0.15, -0.1) is 11.3 Å². The lowest BCUT2D eigenvalue weighted by molar-refractivity contribution is -0.114. The Hall–Kier alpha value is -2.94. The van der Waals surface area contributed by atoms with Gasteiger partial charge in [-0.25, -0.2) is 13.4 Å². The number of anilines is 2. The topological polar surface area (TPSA) is 88.2 Å². The minimum atomic E-state index is -3.91. The van der Waals surface area contributed by atoms with Crippen LogP contribution >= 0.6 is 22.9 Å². The van der Waals surface area contributed by atoms with Gasteiger partial charge in [-0.1, -0.05) is 17.7 Å². The Kier molecular flexibility index (Phi) is 5.70. The van der Waals surface area contributed by atoms with Gasteiger partial charge in [0.05, 0.1) is 15.9 Å². The number of hydrogen-bond donors (Lipinski definition) is 2. The number of carbonyl (C=O) groups is 1. The molecule has 0 aliphatic carbocycles. The van der Waals surface area contributed by atoms with Gasteiger partial charge in [0.1, 0.15) is 9.90 Å². The number of halogens is 1. The third-order valence-corrected chi connectivity index (χ3v) is 7.20. The zero-order valence-corrected chi connectivity index (χ0v) is 19.0. The standard InChI is InChI=1S/C22H18ClN3O3S2/c1-13-3-9-19(24-14(2)27)21(11-13)31(28,29)26-17-7-4-15(5-8-17)22-25-18-10-6-16(23)12-20(18)30-22/h3-12,26H,1-2H3,(H,24,27). The van der Waals surface area contributed by atoms with Gasteiger partial charge in [0.2, 0.25) is 5.91 Å². The van der Waals surface area contributed by atoms with E-state index >= 15 is 0 Å². The number of rotatable bonds is 5. The highest BCUT2D eigenvalue weighted by molar-refractivity contribution is 7.92. The third-order valence-electron chi connectivity index (χ3n) is 4.47. The number of amides is 1. The average Bonchev–Trinajstić information content (AvgIpc) is 3.12. The quantitative estimate of drug-likeness (QED) is 0.391. The van der Waals surface area contributed by atoms with Gasteiger partial charge in [-0.3, -0.25) is 9.52 Å². The number of nitrogens with one attached hydrogen (secondary N) is 2. The fourth-order valence-corrected chi connectivity index (χ4v) is 5.61. The molecule has 9 heteroatoms. The van der Waals surface area contributed by atoms with Crippen LogP contribution in [0.4, 0.5) is 11.4 Å². The zero-order valence-electron chi connectivity index (χ0n) is 16.6. The van der Waals surface area contributed by atoms with Crippen molar-refractivity contribution < 1.29 is 13.2 Å². The molecule has 1 heterocycles. The summed E-state index contributed by atoms with van der Waals surface area (Å²) in [6, 6.07) is 17.4. The van der Waals surface area contributed by atoms with Crippen LogP contribution in [0.25, 0.3) is 20.8 Å².